The lowest BCUT2D eigenvalue weighted by atomic mass is 10.2. The first-order valence-corrected chi connectivity index (χ1v) is 8.24. The Labute approximate surface area is 151 Å². The zero-order chi connectivity index (χ0) is 19.2. The van der Waals surface area contributed by atoms with E-state index in [1.807, 2.05) is 0 Å². The van der Waals surface area contributed by atoms with Crippen LogP contribution in [0.15, 0.2) is 40.8 Å². The fourth-order valence-electron chi connectivity index (χ4n) is 2.03. The van der Waals surface area contributed by atoms with Crippen molar-refractivity contribution in [1.82, 2.24) is 5.32 Å². The van der Waals surface area contributed by atoms with Gasteiger partial charge in [-0.05, 0) is 63.6 Å². The normalized spacial score (nSPS) is 11.1. The molecule has 0 bridgehead atoms. The van der Waals surface area contributed by atoms with Crippen LogP contribution in [0.25, 0.3) is 11.3 Å². The van der Waals surface area contributed by atoms with Crippen molar-refractivity contribution in [2.75, 3.05) is 13.2 Å². The molecule has 0 saturated heterocycles. The monoisotopic (exact) mass is 363 g/mol. The van der Waals surface area contributed by atoms with E-state index in [-0.39, 0.29) is 18.2 Å². The number of furan rings is 1. The van der Waals surface area contributed by atoms with Gasteiger partial charge in [-0.2, -0.15) is 0 Å². The molecule has 1 aromatic heterocycles. The van der Waals surface area contributed by atoms with Crippen molar-refractivity contribution in [3.8, 4) is 11.3 Å². The van der Waals surface area contributed by atoms with Crippen LogP contribution in [-0.2, 0) is 9.47 Å². The minimum Gasteiger partial charge on any atom is -0.460 e. The van der Waals surface area contributed by atoms with E-state index in [1.54, 1.807) is 39.0 Å². The van der Waals surface area contributed by atoms with Crippen LogP contribution >= 0.6 is 0 Å². The minimum atomic E-state index is -0.601. The lowest BCUT2D eigenvalue weighted by Gasteiger charge is -2.19. The van der Waals surface area contributed by atoms with E-state index < -0.39 is 17.7 Å². The standard InChI is InChI=1S/C19H22FNO5/c1-19(2,3)26-18(23)21-11-4-12-24-17(22)16-10-9-15(25-16)13-5-7-14(20)8-6-13/h5-10H,4,11-12H2,1-3H3,(H,21,23). The number of alkyl carbamates (subject to hydrolysis) is 1. The third-order valence-electron chi connectivity index (χ3n) is 3.16. The predicted molar refractivity (Wildman–Crippen MR) is 93.2 cm³/mol. The van der Waals surface area contributed by atoms with Crippen LogP contribution in [-0.4, -0.2) is 30.8 Å². The number of rotatable bonds is 6. The largest absolute Gasteiger partial charge is 0.460 e. The summed E-state index contributed by atoms with van der Waals surface area (Å²) in [6.07, 6.45) is -0.0740. The molecule has 0 aliphatic rings. The van der Waals surface area contributed by atoms with Crippen molar-refractivity contribution in [1.29, 1.82) is 0 Å². The van der Waals surface area contributed by atoms with Crippen LogP contribution in [0.4, 0.5) is 9.18 Å². The molecule has 140 valence electrons. The summed E-state index contributed by atoms with van der Waals surface area (Å²) >= 11 is 0. The number of nitrogens with one attached hydrogen (secondary N) is 1. The molecule has 1 heterocycles. The van der Waals surface area contributed by atoms with Gasteiger partial charge in [0.25, 0.3) is 0 Å². The van der Waals surface area contributed by atoms with Crippen molar-refractivity contribution >= 4 is 12.1 Å². The average molecular weight is 363 g/mol. The summed E-state index contributed by atoms with van der Waals surface area (Å²) in [5.74, 6) is -0.441. The first-order valence-electron chi connectivity index (χ1n) is 8.24. The second kappa shape index (κ2) is 8.51. The Balaban J connectivity index is 1.73. The molecule has 26 heavy (non-hydrogen) atoms. The van der Waals surface area contributed by atoms with Gasteiger partial charge in [-0.25, -0.2) is 14.0 Å². The number of carbonyl (C=O) groups excluding carboxylic acids is 2. The Hall–Kier alpha value is -2.83. The van der Waals surface area contributed by atoms with Crippen LogP contribution in [0, 0.1) is 5.82 Å². The average Bonchev–Trinajstić information content (AvgIpc) is 3.03. The van der Waals surface area contributed by atoms with Crippen LogP contribution in [0.1, 0.15) is 37.7 Å². The lowest BCUT2D eigenvalue weighted by Crippen LogP contribution is -2.33. The number of halogens is 1. The van der Waals surface area contributed by atoms with E-state index in [4.69, 9.17) is 13.9 Å². The molecule has 0 aliphatic carbocycles. The van der Waals surface area contributed by atoms with Gasteiger partial charge >= 0.3 is 12.1 Å². The summed E-state index contributed by atoms with van der Waals surface area (Å²) in [4.78, 5) is 23.4. The number of ether oxygens (including phenoxy) is 2. The lowest BCUT2D eigenvalue weighted by molar-refractivity contribution is 0.0455. The van der Waals surface area contributed by atoms with Crippen LogP contribution in [0.2, 0.25) is 0 Å². The van der Waals surface area contributed by atoms with E-state index in [1.165, 1.54) is 18.2 Å². The predicted octanol–water partition coefficient (Wildman–Crippen LogP) is 4.16. The summed E-state index contributed by atoms with van der Waals surface area (Å²) < 4.78 is 28.5. The second-order valence-electron chi connectivity index (χ2n) is 6.59. The molecular weight excluding hydrogens is 341 g/mol. The van der Waals surface area contributed by atoms with E-state index >= 15 is 0 Å². The highest BCUT2D eigenvalue weighted by Crippen LogP contribution is 2.22. The molecule has 1 N–H and O–H groups in total. The Kier molecular flexibility index (Phi) is 6.38. The Bertz CT molecular complexity index is 746. The van der Waals surface area contributed by atoms with Crippen LogP contribution in [0.3, 0.4) is 0 Å². The number of hydrogen-bond acceptors (Lipinski definition) is 5. The van der Waals surface area contributed by atoms with Crippen molar-refractivity contribution in [3.05, 3.63) is 48.0 Å². The molecule has 0 radical (unpaired) electrons. The molecule has 2 rings (SSSR count). The van der Waals surface area contributed by atoms with E-state index in [2.05, 4.69) is 5.32 Å². The molecular formula is C19H22FNO5. The highest BCUT2D eigenvalue weighted by molar-refractivity contribution is 5.87. The Morgan fingerprint density at radius 3 is 2.46 bits per heavy atom. The van der Waals surface area contributed by atoms with Gasteiger partial charge in [-0.3, -0.25) is 0 Å². The van der Waals surface area contributed by atoms with E-state index in [0.29, 0.717) is 24.3 Å². The zero-order valence-corrected chi connectivity index (χ0v) is 15.0. The maximum Gasteiger partial charge on any atom is 0.407 e. The summed E-state index contributed by atoms with van der Waals surface area (Å²) in [7, 11) is 0. The number of esters is 1. The van der Waals surface area contributed by atoms with Gasteiger partial charge in [0.2, 0.25) is 5.76 Å². The Morgan fingerprint density at radius 1 is 1.12 bits per heavy atom. The van der Waals surface area contributed by atoms with Gasteiger partial charge < -0.3 is 19.2 Å². The van der Waals surface area contributed by atoms with Gasteiger partial charge in [-0.1, -0.05) is 0 Å². The topological polar surface area (TPSA) is 77.8 Å². The number of benzene rings is 1. The maximum atomic E-state index is 12.9. The molecule has 0 spiro atoms. The summed E-state index contributed by atoms with van der Waals surface area (Å²) in [6, 6.07) is 8.87. The fraction of sp³-hybridized carbons (Fsp3) is 0.368. The summed E-state index contributed by atoms with van der Waals surface area (Å²) in [5.41, 5.74) is 0.102. The van der Waals surface area contributed by atoms with Gasteiger partial charge in [0.15, 0.2) is 0 Å². The SMILES string of the molecule is CC(C)(C)OC(=O)NCCCOC(=O)c1ccc(-c2ccc(F)cc2)o1. The highest BCUT2D eigenvalue weighted by Gasteiger charge is 2.16. The molecule has 2 aromatic rings. The van der Waals surface area contributed by atoms with Crippen LogP contribution < -0.4 is 5.32 Å². The first kappa shape index (κ1) is 19.5. The fourth-order valence-corrected chi connectivity index (χ4v) is 2.03. The second-order valence-corrected chi connectivity index (χ2v) is 6.59. The smallest absolute Gasteiger partial charge is 0.407 e. The third-order valence-corrected chi connectivity index (χ3v) is 3.16. The quantitative estimate of drug-likeness (QED) is 0.616. The molecule has 0 unspecified atom stereocenters. The van der Waals surface area contributed by atoms with Crippen molar-refractivity contribution in [2.24, 2.45) is 0 Å². The summed E-state index contributed by atoms with van der Waals surface area (Å²) in [6.45, 7) is 5.77. The van der Waals surface area contributed by atoms with Gasteiger partial charge in [0, 0.05) is 12.1 Å². The number of carbonyl (C=O) groups is 2. The summed E-state index contributed by atoms with van der Waals surface area (Å²) in [5, 5.41) is 2.58. The first-order chi connectivity index (χ1) is 12.2. The third kappa shape index (κ3) is 6.23. The van der Waals surface area contributed by atoms with E-state index in [9.17, 15) is 14.0 Å². The van der Waals surface area contributed by atoms with Gasteiger partial charge in [-0.15, -0.1) is 0 Å². The van der Waals surface area contributed by atoms with E-state index in [0.717, 1.165) is 0 Å². The Morgan fingerprint density at radius 2 is 1.81 bits per heavy atom. The minimum absolute atomic E-state index is 0.0597. The molecule has 1 aromatic carbocycles. The van der Waals surface area contributed by atoms with Crippen molar-refractivity contribution in [2.45, 2.75) is 32.8 Å². The van der Waals surface area contributed by atoms with Gasteiger partial charge in [0.1, 0.15) is 17.2 Å². The van der Waals surface area contributed by atoms with Crippen molar-refractivity contribution in [3.63, 3.8) is 0 Å². The molecule has 1 amide bonds. The molecule has 0 atom stereocenters. The highest BCUT2D eigenvalue weighted by atomic mass is 19.1. The molecule has 0 aliphatic heterocycles. The van der Waals surface area contributed by atoms with Gasteiger partial charge in [0.05, 0.1) is 6.61 Å². The maximum absolute atomic E-state index is 12.9. The number of amides is 1. The molecule has 6 nitrogen and oxygen atoms in total. The number of hydrogen-bond donors (Lipinski definition) is 1. The molecule has 7 heteroatoms. The molecule has 0 saturated carbocycles. The zero-order valence-electron chi connectivity index (χ0n) is 15.0. The molecule has 0 fully saturated rings. The van der Waals surface area contributed by atoms with Crippen molar-refractivity contribution < 1.29 is 27.9 Å². The van der Waals surface area contributed by atoms with Crippen LogP contribution in [0.5, 0.6) is 0 Å².